The third-order valence-corrected chi connectivity index (χ3v) is 3.99. The third kappa shape index (κ3) is 3.82. The highest BCUT2D eigenvalue weighted by atomic mass is 15.3. The molecule has 1 heterocycles. The van der Waals surface area contributed by atoms with Crippen molar-refractivity contribution in [3.05, 3.63) is 65.0 Å². The zero-order valence-electron chi connectivity index (χ0n) is 13.5. The van der Waals surface area contributed by atoms with Gasteiger partial charge in [0.15, 0.2) is 0 Å². The van der Waals surface area contributed by atoms with Crippen LogP contribution in [0.4, 0.5) is 0 Å². The SMILES string of the molecule is C=CCn1cc(CN[C@H](C)c2ccc(C)c(C)c2)c(C)n1. The summed E-state index contributed by atoms with van der Waals surface area (Å²) < 4.78 is 1.93. The molecule has 112 valence electrons. The van der Waals surface area contributed by atoms with E-state index < -0.39 is 0 Å². The molecule has 0 fully saturated rings. The third-order valence-electron chi connectivity index (χ3n) is 3.99. The first kappa shape index (κ1) is 15.5. The van der Waals surface area contributed by atoms with E-state index in [1.165, 1.54) is 22.3 Å². The van der Waals surface area contributed by atoms with Crippen LogP contribution in [0.25, 0.3) is 0 Å². The first-order valence-corrected chi connectivity index (χ1v) is 7.45. The Hall–Kier alpha value is -1.87. The van der Waals surface area contributed by atoms with Gasteiger partial charge in [0.1, 0.15) is 0 Å². The smallest absolute Gasteiger partial charge is 0.0638 e. The van der Waals surface area contributed by atoms with Gasteiger partial charge < -0.3 is 5.32 Å². The van der Waals surface area contributed by atoms with E-state index in [9.17, 15) is 0 Å². The van der Waals surface area contributed by atoms with E-state index in [1.807, 2.05) is 10.8 Å². The molecule has 0 unspecified atom stereocenters. The maximum Gasteiger partial charge on any atom is 0.0638 e. The second-order valence-corrected chi connectivity index (χ2v) is 5.70. The first-order valence-electron chi connectivity index (χ1n) is 7.45. The van der Waals surface area contributed by atoms with Crippen LogP contribution >= 0.6 is 0 Å². The number of hydrogen-bond acceptors (Lipinski definition) is 2. The Kier molecular flexibility index (Phi) is 4.97. The highest BCUT2D eigenvalue weighted by Gasteiger charge is 2.09. The number of aromatic nitrogens is 2. The van der Waals surface area contributed by atoms with Crippen molar-refractivity contribution in [2.45, 2.75) is 46.8 Å². The molecule has 1 N–H and O–H groups in total. The van der Waals surface area contributed by atoms with E-state index in [4.69, 9.17) is 0 Å². The van der Waals surface area contributed by atoms with Crippen LogP contribution in [-0.4, -0.2) is 9.78 Å². The van der Waals surface area contributed by atoms with Crippen molar-refractivity contribution in [2.75, 3.05) is 0 Å². The molecule has 2 rings (SSSR count). The highest BCUT2D eigenvalue weighted by molar-refractivity contribution is 5.31. The summed E-state index contributed by atoms with van der Waals surface area (Å²) in [6.45, 7) is 13.9. The zero-order chi connectivity index (χ0) is 15.4. The van der Waals surface area contributed by atoms with Crippen LogP contribution in [0, 0.1) is 20.8 Å². The van der Waals surface area contributed by atoms with Crippen molar-refractivity contribution in [2.24, 2.45) is 0 Å². The largest absolute Gasteiger partial charge is 0.306 e. The van der Waals surface area contributed by atoms with Crippen LogP contribution in [0.15, 0.2) is 37.1 Å². The Balaban J connectivity index is 2.01. The van der Waals surface area contributed by atoms with Gasteiger partial charge in [-0.05, 0) is 44.4 Å². The number of nitrogens with one attached hydrogen (secondary N) is 1. The molecular formula is C18H25N3. The quantitative estimate of drug-likeness (QED) is 0.816. The standard InChI is InChI=1S/C18H25N3/c1-6-9-21-12-18(16(5)20-21)11-19-15(4)17-8-7-13(2)14(3)10-17/h6-8,10,12,15,19H,1,9,11H2,2-5H3/t15-/m1/s1. The summed E-state index contributed by atoms with van der Waals surface area (Å²) in [5.41, 5.74) is 6.34. The van der Waals surface area contributed by atoms with E-state index in [2.05, 4.69) is 69.1 Å². The molecule has 0 spiro atoms. The van der Waals surface area contributed by atoms with Crippen LogP contribution in [-0.2, 0) is 13.1 Å². The monoisotopic (exact) mass is 283 g/mol. The Morgan fingerprint density at radius 2 is 2.05 bits per heavy atom. The second-order valence-electron chi connectivity index (χ2n) is 5.70. The number of benzene rings is 1. The van der Waals surface area contributed by atoms with Crippen molar-refractivity contribution in [1.82, 2.24) is 15.1 Å². The lowest BCUT2D eigenvalue weighted by atomic mass is 10.0. The fourth-order valence-electron chi connectivity index (χ4n) is 2.37. The van der Waals surface area contributed by atoms with Crippen LogP contribution < -0.4 is 5.32 Å². The first-order chi connectivity index (χ1) is 10.0. The second kappa shape index (κ2) is 6.72. The van der Waals surface area contributed by atoms with Gasteiger partial charge in [0, 0.05) is 24.3 Å². The molecular weight excluding hydrogens is 258 g/mol. The van der Waals surface area contributed by atoms with E-state index in [-0.39, 0.29) is 0 Å². The zero-order valence-corrected chi connectivity index (χ0v) is 13.5. The van der Waals surface area contributed by atoms with Gasteiger partial charge in [-0.3, -0.25) is 4.68 Å². The average Bonchev–Trinajstić information content (AvgIpc) is 2.80. The van der Waals surface area contributed by atoms with Crippen molar-refractivity contribution in [1.29, 1.82) is 0 Å². The molecule has 0 aliphatic carbocycles. The lowest BCUT2D eigenvalue weighted by Gasteiger charge is -2.15. The van der Waals surface area contributed by atoms with Crippen molar-refractivity contribution in [3.8, 4) is 0 Å². The van der Waals surface area contributed by atoms with Crippen LogP contribution in [0.5, 0.6) is 0 Å². The summed E-state index contributed by atoms with van der Waals surface area (Å²) in [7, 11) is 0. The van der Waals surface area contributed by atoms with Crippen molar-refractivity contribution >= 4 is 0 Å². The van der Waals surface area contributed by atoms with Gasteiger partial charge in [0.2, 0.25) is 0 Å². The molecule has 0 amide bonds. The van der Waals surface area contributed by atoms with E-state index in [1.54, 1.807) is 0 Å². The Labute approximate surface area is 127 Å². The fraction of sp³-hybridized carbons (Fsp3) is 0.389. The maximum absolute atomic E-state index is 4.48. The number of allylic oxidation sites excluding steroid dienone is 1. The highest BCUT2D eigenvalue weighted by Crippen LogP contribution is 2.17. The molecule has 0 saturated heterocycles. The number of hydrogen-bond donors (Lipinski definition) is 1. The minimum absolute atomic E-state index is 0.325. The summed E-state index contributed by atoms with van der Waals surface area (Å²) in [6.07, 6.45) is 3.96. The Morgan fingerprint density at radius 1 is 1.29 bits per heavy atom. The van der Waals surface area contributed by atoms with Crippen molar-refractivity contribution < 1.29 is 0 Å². The number of nitrogens with zero attached hydrogens (tertiary/aromatic N) is 2. The van der Waals surface area contributed by atoms with Gasteiger partial charge in [0.25, 0.3) is 0 Å². The summed E-state index contributed by atoms with van der Waals surface area (Å²) in [4.78, 5) is 0. The van der Waals surface area contributed by atoms with Crippen LogP contribution in [0.3, 0.4) is 0 Å². The van der Waals surface area contributed by atoms with Gasteiger partial charge in [-0.2, -0.15) is 5.10 Å². The van der Waals surface area contributed by atoms with Gasteiger partial charge in [0.05, 0.1) is 12.2 Å². The van der Waals surface area contributed by atoms with E-state index in [0.717, 1.165) is 18.8 Å². The molecule has 1 atom stereocenters. The van der Waals surface area contributed by atoms with Gasteiger partial charge in [-0.25, -0.2) is 0 Å². The molecule has 1 aromatic carbocycles. The van der Waals surface area contributed by atoms with E-state index in [0.29, 0.717) is 6.04 Å². The minimum atomic E-state index is 0.325. The molecule has 0 bridgehead atoms. The fourth-order valence-corrected chi connectivity index (χ4v) is 2.37. The van der Waals surface area contributed by atoms with Crippen molar-refractivity contribution in [3.63, 3.8) is 0 Å². The molecule has 2 aromatic rings. The molecule has 21 heavy (non-hydrogen) atoms. The number of aryl methyl sites for hydroxylation is 3. The Bertz CT molecular complexity index is 625. The van der Waals surface area contributed by atoms with Crippen LogP contribution in [0.2, 0.25) is 0 Å². The summed E-state index contributed by atoms with van der Waals surface area (Å²) in [5.74, 6) is 0. The summed E-state index contributed by atoms with van der Waals surface area (Å²) >= 11 is 0. The number of rotatable bonds is 6. The average molecular weight is 283 g/mol. The predicted octanol–water partition coefficient (Wildman–Crippen LogP) is 3.85. The molecule has 3 nitrogen and oxygen atoms in total. The lowest BCUT2D eigenvalue weighted by Crippen LogP contribution is -2.18. The molecule has 0 aliphatic rings. The van der Waals surface area contributed by atoms with Gasteiger partial charge in [-0.15, -0.1) is 6.58 Å². The molecule has 0 saturated carbocycles. The molecule has 3 heteroatoms. The summed E-state index contributed by atoms with van der Waals surface area (Å²) in [6, 6.07) is 6.98. The van der Waals surface area contributed by atoms with Gasteiger partial charge >= 0.3 is 0 Å². The lowest BCUT2D eigenvalue weighted by molar-refractivity contribution is 0.572. The molecule has 0 radical (unpaired) electrons. The van der Waals surface area contributed by atoms with E-state index >= 15 is 0 Å². The van der Waals surface area contributed by atoms with Gasteiger partial charge in [-0.1, -0.05) is 24.3 Å². The molecule has 1 aromatic heterocycles. The Morgan fingerprint density at radius 3 is 2.71 bits per heavy atom. The predicted molar refractivity (Wildman–Crippen MR) is 88.3 cm³/mol. The topological polar surface area (TPSA) is 29.9 Å². The van der Waals surface area contributed by atoms with Crippen LogP contribution in [0.1, 0.15) is 40.9 Å². The molecule has 0 aliphatic heterocycles. The normalized spacial score (nSPS) is 12.4. The maximum atomic E-state index is 4.48. The summed E-state index contributed by atoms with van der Waals surface area (Å²) in [5, 5.41) is 8.06. The minimum Gasteiger partial charge on any atom is -0.306 e.